The van der Waals surface area contributed by atoms with Crippen LogP contribution in [0.3, 0.4) is 0 Å². The number of halogens is 1. The number of rotatable bonds is 4. The second kappa shape index (κ2) is 7.55. The molecule has 106 valence electrons. The topological polar surface area (TPSA) is 12.5 Å². The lowest BCUT2D eigenvalue weighted by atomic mass is 10.2. The highest BCUT2D eigenvalue weighted by Crippen LogP contribution is 2.26. The van der Waals surface area contributed by atoms with Gasteiger partial charge in [0.1, 0.15) is 5.75 Å². The van der Waals surface area contributed by atoms with Gasteiger partial charge >= 0.3 is 0 Å². The van der Waals surface area contributed by atoms with Crippen molar-refractivity contribution in [3.05, 3.63) is 28.2 Å². The lowest BCUT2D eigenvalue weighted by Gasteiger charge is -2.21. The molecule has 1 fully saturated rings. The maximum absolute atomic E-state index is 5.32. The zero-order valence-corrected chi connectivity index (χ0v) is 14.1. The monoisotopic (exact) mass is 343 g/mol. The zero-order valence-electron chi connectivity index (χ0n) is 11.7. The van der Waals surface area contributed by atoms with Crippen molar-refractivity contribution in [2.45, 2.75) is 31.1 Å². The van der Waals surface area contributed by atoms with E-state index in [4.69, 9.17) is 4.74 Å². The van der Waals surface area contributed by atoms with Crippen LogP contribution in [0.25, 0.3) is 0 Å². The van der Waals surface area contributed by atoms with Gasteiger partial charge in [0.25, 0.3) is 0 Å². The first-order valence-electron chi connectivity index (χ1n) is 6.80. The average Bonchev–Trinajstić information content (AvgIpc) is 2.66. The van der Waals surface area contributed by atoms with Crippen LogP contribution in [0, 0.1) is 0 Å². The van der Waals surface area contributed by atoms with Crippen LogP contribution < -0.4 is 4.74 Å². The van der Waals surface area contributed by atoms with Crippen LogP contribution in [-0.4, -0.2) is 36.6 Å². The van der Waals surface area contributed by atoms with Gasteiger partial charge in [0, 0.05) is 16.3 Å². The molecule has 2 nitrogen and oxygen atoms in total. The van der Waals surface area contributed by atoms with E-state index < -0.39 is 0 Å². The Kier molecular flexibility index (Phi) is 6.05. The molecule has 0 bridgehead atoms. The first kappa shape index (κ1) is 15.2. The second-order valence-corrected chi connectivity index (χ2v) is 7.01. The Morgan fingerprint density at radius 1 is 1.37 bits per heavy atom. The van der Waals surface area contributed by atoms with Crippen LogP contribution in [0.1, 0.15) is 24.8 Å². The van der Waals surface area contributed by atoms with E-state index in [1.54, 1.807) is 7.11 Å². The standard InChI is InChI=1S/C15H22BrNOS/c1-18-13-5-6-15(16)12(10-13)11-17-8-3-4-14(19-2)7-9-17/h5-6,10,14H,3-4,7-9,11H2,1-2H3. The van der Waals surface area contributed by atoms with E-state index in [9.17, 15) is 0 Å². The van der Waals surface area contributed by atoms with Crippen molar-refractivity contribution in [1.82, 2.24) is 4.90 Å². The van der Waals surface area contributed by atoms with Crippen molar-refractivity contribution in [3.63, 3.8) is 0 Å². The van der Waals surface area contributed by atoms with E-state index in [1.807, 2.05) is 17.8 Å². The molecule has 19 heavy (non-hydrogen) atoms. The van der Waals surface area contributed by atoms with Gasteiger partial charge in [0.2, 0.25) is 0 Å². The number of nitrogens with zero attached hydrogens (tertiary/aromatic N) is 1. The predicted octanol–water partition coefficient (Wildman–Crippen LogP) is 4.18. The SMILES string of the molecule is COc1ccc(Br)c(CN2CCCC(SC)CC2)c1. The molecule has 0 saturated carbocycles. The van der Waals surface area contributed by atoms with Gasteiger partial charge in [-0.1, -0.05) is 15.9 Å². The van der Waals surface area contributed by atoms with Gasteiger partial charge in [-0.2, -0.15) is 11.8 Å². The summed E-state index contributed by atoms with van der Waals surface area (Å²) in [5.41, 5.74) is 1.32. The van der Waals surface area contributed by atoms with E-state index in [0.717, 1.165) is 17.5 Å². The third-order valence-electron chi connectivity index (χ3n) is 3.75. The number of benzene rings is 1. The van der Waals surface area contributed by atoms with Crippen molar-refractivity contribution < 1.29 is 4.74 Å². The first-order chi connectivity index (χ1) is 9.22. The molecule has 1 unspecified atom stereocenters. The first-order valence-corrected chi connectivity index (χ1v) is 8.88. The smallest absolute Gasteiger partial charge is 0.119 e. The van der Waals surface area contributed by atoms with Gasteiger partial charge in [-0.15, -0.1) is 0 Å². The van der Waals surface area contributed by atoms with Gasteiger partial charge in [-0.05, 0) is 62.4 Å². The van der Waals surface area contributed by atoms with Gasteiger partial charge in [-0.3, -0.25) is 4.90 Å². The van der Waals surface area contributed by atoms with Gasteiger partial charge in [0.05, 0.1) is 7.11 Å². The molecule has 0 aliphatic carbocycles. The zero-order chi connectivity index (χ0) is 13.7. The third kappa shape index (κ3) is 4.40. The van der Waals surface area contributed by atoms with E-state index in [-0.39, 0.29) is 0 Å². The summed E-state index contributed by atoms with van der Waals surface area (Å²) >= 11 is 5.67. The second-order valence-electron chi connectivity index (χ2n) is 5.02. The molecule has 1 aromatic rings. The Bertz CT molecular complexity index is 413. The van der Waals surface area contributed by atoms with Crippen molar-refractivity contribution in [2.75, 3.05) is 26.5 Å². The van der Waals surface area contributed by atoms with Crippen molar-refractivity contribution >= 4 is 27.7 Å². The Morgan fingerprint density at radius 2 is 2.21 bits per heavy atom. The molecule has 0 aromatic heterocycles. The molecule has 0 N–H and O–H groups in total. The van der Waals surface area contributed by atoms with Crippen LogP contribution in [-0.2, 0) is 6.54 Å². The van der Waals surface area contributed by atoms with Gasteiger partial charge < -0.3 is 4.74 Å². The fourth-order valence-corrected chi connectivity index (χ4v) is 3.67. The molecule has 4 heteroatoms. The van der Waals surface area contributed by atoms with E-state index >= 15 is 0 Å². The Hall–Kier alpha value is -0.190. The highest BCUT2D eigenvalue weighted by atomic mass is 79.9. The molecular formula is C15H22BrNOS. The largest absolute Gasteiger partial charge is 0.497 e. The van der Waals surface area contributed by atoms with Crippen molar-refractivity contribution in [1.29, 1.82) is 0 Å². The van der Waals surface area contributed by atoms with Crippen molar-refractivity contribution in [2.24, 2.45) is 0 Å². The van der Waals surface area contributed by atoms with Crippen LogP contribution in [0.5, 0.6) is 5.75 Å². The number of hydrogen-bond donors (Lipinski definition) is 0. The summed E-state index contributed by atoms with van der Waals surface area (Å²) in [6.07, 6.45) is 6.21. The molecule has 0 radical (unpaired) electrons. The highest BCUT2D eigenvalue weighted by Gasteiger charge is 2.17. The van der Waals surface area contributed by atoms with Crippen LogP contribution in [0.15, 0.2) is 22.7 Å². The quantitative estimate of drug-likeness (QED) is 0.813. The lowest BCUT2D eigenvalue weighted by Crippen LogP contribution is -2.24. The minimum absolute atomic E-state index is 0.846. The normalized spacial score (nSPS) is 21.1. The number of likely N-dealkylation sites (tertiary alicyclic amines) is 1. The maximum Gasteiger partial charge on any atom is 0.119 e. The minimum atomic E-state index is 0.846. The molecule has 0 spiro atoms. The maximum atomic E-state index is 5.32. The van der Waals surface area contributed by atoms with Crippen molar-refractivity contribution in [3.8, 4) is 5.75 Å². The van der Waals surface area contributed by atoms with Crippen LogP contribution in [0.4, 0.5) is 0 Å². The Balaban J connectivity index is 2.00. The molecule has 0 amide bonds. The minimum Gasteiger partial charge on any atom is -0.497 e. The summed E-state index contributed by atoms with van der Waals surface area (Å²) in [7, 11) is 1.72. The molecular weight excluding hydrogens is 322 g/mol. The molecule has 1 atom stereocenters. The third-order valence-corrected chi connectivity index (χ3v) is 5.66. The fourth-order valence-electron chi connectivity index (χ4n) is 2.56. The molecule has 1 heterocycles. The molecule has 1 aliphatic rings. The summed E-state index contributed by atoms with van der Waals surface area (Å²) in [6, 6.07) is 6.22. The number of hydrogen-bond acceptors (Lipinski definition) is 3. The Morgan fingerprint density at radius 3 is 2.95 bits per heavy atom. The van der Waals surface area contributed by atoms with E-state index in [0.29, 0.717) is 0 Å². The molecule has 1 aliphatic heterocycles. The summed E-state index contributed by atoms with van der Waals surface area (Å²) < 4.78 is 6.50. The number of thioether (sulfide) groups is 1. The van der Waals surface area contributed by atoms with Gasteiger partial charge in [-0.25, -0.2) is 0 Å². The molecule has 2 rings (SSSR count). The van der Waals surface area contributed by atoms with Crippen LogP contribution in [0.2, 0.25) is 0 Å². The van der Waals surface area contributed by atoms with E-state index in [2.05, 4.69) is 39.2 Å². The number of ether oxygens (including phenoxy) is 1. The van der Waals surface area contributed by atoms with E-state index in [1.165, 1.54) is 42.4 Å². The summed E-state index contributed by atoms with van der Waals surface area (Å²) in [4.78, 5) is 2.57. The van der Waals surface area contributed by atoms with Crippen LogP contribution >= 0.6 is 27.7 Å². The lowest BCUT2D eigenvalue weighted by molar-refractivity contribution is 0.276. The van der Waals surface area contributed by atoms with Gasteiger partial charge in [0.15, 0.2) is 0 Å². The summed E-state index contributed by atoms with van der Waals surface area (Å²) in [6.45, 7) is 3.43. The highest BCUT2D eigenvalue weighted by molar-refractivity contribution is 9.10. The fraction of sp³-hybridized carbons (Fsp3) is 0.600. The predicted molar refractivity (Wildman–Crippen MR) is 87.1 cm³/mol. The average molecular weight is 344 g/mol. The molecule has 1 saturated heterocycles. The number of methoxy groups -OCH3 is 1. The molecule has 1 aromatic carbocycles. The summed E-state index contributed by atoms with van der Waals surface area (Å²) in [5, 5.41) is 0.846. The summed E-state index contributed by atoms with van der Waals surface area (Å²) in [5.74, 6) is 0.940. The Labute approximate surface area is 129 Å².